The summed E-state index contributed by atoms with van der Waals surface area (Å²) < 4.78 is 1.78. The molecule has 2 atom stereocenters. The lowest BCUT2D eigenvalue weighted by Gasteiger charge is -2.31. The van der Waals surface area contributed by atoms with Crippen LogP contribution in [-0.2, 0) is 12.8 Å². The lowest BCUT2D eigenvalue weighted by molar-refractivity contribution is 0.0783. The van der Waals surface area contributed by atoms with Crippen LogP contribution in [0.25, 0.3) is 0 Å². The zero-order chi connectivity index (χ0) is 24.4. The van der Waals surface area contributed by atoms with Crippen molar-refractivity contribution in [3.05, 3.63) is 93.0 Å². The molecule has 1 aliphatic carbocycles. The van der Waals surface area contributed by atoms with E-state index in [9.17, 15) is 14.7 Å². The second kappa shape index (κ2) is 10.1. The molecule has 5 rings (SSSR count). The van der Waals surface area contributed by atoms with Gasteiger partial charge < -0.3 is 10.0 Å². The van der Waals surface area contributed by atoms with Crippen molar-refractivity contribution in [1.29, 1.82) is 0 Å². The Balaban J connectivity index is 1.53. The Morgan fingerprint density at radius 1 is 1.09 bits per heavy atom. The van der Waals surface area contributed by atoms with Gasteiger partial charge in [-0.1, -0.05) is 67.9 Å². The maximum atomic E-state index is 13.6. The average Bonchev–Trinajstić information content (AvgIpc) is 3.38. The van der Waals surface area contributed by atoms with Gasteiger partial charge in [0.2, 0.25) is 5.88 Å². The van der Waals surface area contributed by atoms with Gasteiger partial charge in [-0.2, -0.15) is 4.98 Å². The number of hydrogen-bond donors (Lipinski definition) is 1. The molecule has 0 radical (unpaired) electrons. The van der Waals surface area contributed by atoms with Crippen LogP contribution in [0.2, 0.25) is 0 Å². The third-order valence-electron chi connectivity index (χ3n) is 7.54. The number of nitrogens with zero attached hydrogens (tertiary/aromatic N) is 3. The summed E-state index contributed by atoms with van der Waals surface area (Å²) in [5, 5.41) is 11.5. The molecule has 0 bridgehead atoms. The molecule has 1 aromatic heterocycles. The predicted molar refractivity (Wildman–Crippen MR) is 136 cm³/mol. The lowest BCUT2D eigenvalue weighted by atomic mass is 9.87. The van der Waals surface area contributed by atoms with Gasteiger partial charge >= 0.3 is 0 Å². The highest BCUT2D eigenvalue weighted by Crippen LogP contribution is 2.37. The standard InChI is InChI=1S/C29H33N3O3/c1-2-3-16-25-30-27(33)26(28(34)31-18-17-22(19-31)20-10-5-4-6-11-20)29(35)32(25)24-15-9-13-21-12-7-8-14-23(21)24/h4-8,10-12,14,22,24,35H,2-3,9,13,15-19H2,1H3/t22-,24?/m0/s1. The number of unbranched alkanes of at least 4 members (excludes halogenated alkanes) is 1. The third-order valence-corrected chi connectivity index (χ3v) is 7.54. The summed E-state index contributed by atoms with van der Waals surface area (Å²) in [5.41, 5.74) is 2.77. The van der Waals surface area contributed by atoms with Crippen molar-refractivity contribution in [3.8, 4) is 5.88 Å². The molecule has 2 aliphatic rings. The van der Waals surface area contributed by atoms with Crippen LogP contribution in [0.15, 0.2) is 59.4 Å². The van der Waals surface area contributed by atoms with Crippen molar-refractivity contribution < 1.29 is 9.90 Å². The maximum Gasteiger partial charge on any atom is 0.289 e. The summed E-state index contributed by atoms with van der Waals surface area (Å²) in [5.74, 6) is 0.145. The summed E-state index contributed by atoms with van der Waals surface area (Å²) in [6.45, 7) is 3.18. The van der Waals surface area contributed by atoms with E-state index in [4.69, 9.17) is 0 Å². The number of aryl methyl sites for hydroxylation is 2. The Kier molecular flexibility index (Phi) is 6.71. The molecule has 2 aromatic carbocycles. The molecule has 0 saturated carbocycles. The first-order chi connectivity index (χ1) is 17.1. The molecule has 182 valence electrons. The minimum Gasteiger partial charge on any atom is -0.494 e. The molecule has 1 saturated heterocycles. The largest absolute Gasteiger partial charge is 0.494 e. The summed E-state index contributed by atoms with van der Waals surface area (Å²) in [6.07, 6.45) is 6.04. The molecule has 1 fully saturated rings. The van der Waals surface area contributed by atoms with Crippen LogP contribution < -0.4 is 5.56 Å². The van der Waals surface area contributed by atoms with E-state index in [-0.39, 0.29) is 23.4 Å². The van der Waals surface area contributed by atoms with Gasteiger partial charge in [-0.15, -0.1) is 0 Å². The highest BCUT2D eigenvalue weighted by atomic mass is 16.3. The predicted octanol–water partition coefficient (Wildman–Crippen LogP) is 4.85. The fourth-order valence-electron chi connectivity index (χ4n) is 5.69. The molecule has 6 nitrogen and oxygen atoms in total. The van der Waals surface area contributed by atoms with Crippen LogP contribution in [0.4, 0.5) is 0 Å². The Morgan fingerprint density at radius 2 is 1.86 bits per heavy atom. The van der Waals surface area contributed by atoms with E-state index in [0.29, 0.717) is 25.3 Å². The zero-order valence-corrected chi connectivity index (χ0v) is 20.3. The second-order valence-corrected chi connectivity index (χ2v) is 9.76. The molecule has 3 aromatic rings. The van der Waals surface area contributed by atoms with Crippen molar-refractivity contribution in [2.45, 2.75) is 63.8 Å². The van der Waals surface area contributed by atoms with Crippen LogP contribution >= 0.6 is 0 Å². The fourth-order valence-corrected chi connectivity index (χ4v) is 5.69. The molecule has 1 N–H and O–H groups in total. The second-order valence-electron chi connectivity index (χ2n) is 9.76. The molecular formula is C29H33N3O3. The van der Waals surface area contributed by atoms with Gasteiger partial charge in [0.1, 0.15) is 5.82 Å². The highest BCUT2D eigenvalue weighted by molar-refractivity contribution is 5.96. The van der Waals surface area contributed by atoms with Crippen LogP contribution in [0.1, 0.15) is 83.9 Å². The first-order valence-corrected chi connectivity index (χ1v) is 12.8. The molecule has 2 heterocycles. The number of hydrogen-bond acceptors (Lipinski definition) is 4. The number of amides is 1. The number of fused-ring (bicyclic) bond motifs is 1. The van der Waals surface area contributed by atoms with E-state index in [1.807, 2.05) is 30.3 Å². The minimum absolute atomic E-state index is 0.137. The number of aromatic nitrogens is 2. The molecule has 1 unspecified atom stereocenters. The Hall–Kier alpha value is -3.41. The van der Waals surface area contributed by atoms with E-state index >= 15 is 0 Å². The Labute approximate surface area is 206 Å². The number of aromatic hydroxyl groups is 1. The van der Waals surface area contributed by atoms with Gasteiger partial charge in [-0.3, -0.25) is 14.2 Å². The minimum atomic E-state index is -0.623. The summed E-state index contributed by atoms with van der Waals surface area (Å²) in [7, 11) is 0. The van der Waals surface area contributed by atoms with Crippen molar-refractivity contribution in [2.24, 2.45) is 0 Å². The van der Waals surface area contributed by atoms with Crippen LogP contribution in [0.3, 0.4) is 0 Å². The third kappa shape index (κ3) is 4.49. The first kappa shape index (κ1) is 23.3. The molecule has 1 aliphatic heterocycles. The van der Waals surface area contributed by atoms with Gasteiger partial charge in [0.15, 0.2) is 5.56 Å². The van der Waals surface area contributed by atoms with E-state index in [0.717, 1.165) is 44.1 Å². The quantitative estimate of drug-likeness (QED) is 0.558. The van der Waals surface area contributed by atoms with Crippen molar-refractivity contribution in [1.82, 2.24) is 14.5 Å². The number of likely N-dealkylation sites (tertiary alicyclic amines) is 1. The van der Waals surface area contributed by atoms with Gasteiger partial charge in [0.25, 0.3) is 11.5 Å². The molecule has 0 spiro atoms. The van der Waals surface area contributed by atoms with Crippen LogP contribution in [0.5, 0.6) is 5.88 Å². The smallest absolute Gasteiger partial charge is 0.289 e. The van der Waals surface area contributed by atoms with E-state index < -0.39 is 11.5 Å². The zero-order valence-electron chi connectivity index (χ0n) is 20.3. The molecular weight excluding hydrogens is 438 g/mol. The number of benzene rings is 2. The summed E-state index contributed by atoms with van der Waals surface area (Å²) in [4.78, 5) is 32.8. The van der Waals surface area contributed by atoms with E-state index in [1.54, 1.807) is 9.47 Å². The van der Waals surface area contributed by atoms with Crippen LogP contribution in [0, 0.1) is 0 Å². The van der Waals surface area contributed by atoms with Crippen LogP contribution in [-0.4, -0.2) is 38.6 Å². The van der Waals surface area contributed by atoms with Crippen molar-refractivity contribution in [2.75, 3.05) is 13.1 Å². The summed E-state index contributed by atoms with van der Waals surface area (Å²) >= 11 is 0. The van der Waals surface area contributed by atoms with Gasteiger partial charge in [0.05, 0.1) is 6.04 Å². The highest BCUT2D eigenvalue weighted by Gasteiger charge is 2.34. The van der Waals surface area contributed by atoms with Crippen molar-refractivity contribution in [3.63, 3.8) is 0 Å². The van der Waals surface area contributed by atoms with Crippen molar-refractivity contribution >= 4 is 5.91 Å². The molecule has 1 amide bonds. The van der Waals surface area contributed by atoms with E-state index in [1.165, 1.54) is 11.1 Å². The maximum absolute atomic E-state index is 13.6. The summed E-state index contributed by atoms with van der Waals surface area (Å²) in [6, 6.07) is 18.3. The number of carbonyl (C=O) groups is 1. The van der Waals surface area contributed by atoms with Gasteiger partial charge in [0, 0.05) is 25.4 Å². The topological polar surface area (TPSA) is 75.4 Å². The first-order valence-electron chi connectivity index (χ1n) is 12.8. The Morgan fingerprint density at radius 3 is 2.66 bits per heavy atom. The van der Waals surface area contributed by atoms with Gasteiger partial charge in [-0.05, 0) is 48.8 Å². The Bertz CT molecular complexity index is 1270. The number of rotatable bonds is 6. The number of carbonyl (C=O) groups excluding carboxylic acids is 1. The molecule has 6 heteroatoms. The monoisotopic (exact) mass is 471 g/mol. The normalized spacial score (nSPS) is 19.5. The fraction of sp³-hybridized carbons (Fsp3) is 0.414. The molecule has 35 heavy (non-hydrogen) atoms. The van der Waals surface area contributed by atoms with E-state index in [2.05, 4.69) is 36.2 Å². The lowest BCUT2D eigenvalue weighted by Crippen LogP contribution is -2.36. The SMILES string of the molecule is CCCCc1nc(=O)c(C(=O)N2CC[C@H](c3ccccc3)C2)c(O)n1C1CCCc2ccccc21. The average molecular weight is 472 g/mol. The van der Waals surface area contributed by atoms with Gasteiger partial charge in [-0.25, -0.2) is 0 Å².